The van der Waals surface area contributed by atoms with Gasteiger partial charge in [0.2, 0.25) is 0 Å². The zero-order chi connectivity index (χ0) is 16.1. The Morgan fingerprint density at radius 3 is 2.83 bits per heavy atom. The highest BCUT2D eigenvalue weighted by Gasteiger charge is 2.10. The number of benzene rings is 1. The Bertz CT molecular complexity index is 804. The molecule has 2 aromatic heterocycles. The van der Waals surface area contributed by atoms with E-state index in [1.807, 2.05) is 22.8 Å². The van der Waals surface area contributed by atoms with Crippen molar-refractivity contribution in [1.29, 1.82) is 0 Å². The summed E-state index contributed by atoms with van der Waals surface area (Å²) in [5, 5.41) is 3.35. The molecule has 2 heterocycles. The van der Waals surface area contributed by atoms with Gasteiger partial charge in [-0.15, -0.1) is 11.8 Å². The average Bonchev–Trinajstić information content (AvgIpc) is 2.96. The molecule has 0 saturated heterocycles. The summed E-state index contributed by atoms with van der Waals surface area (Å²) in [6.45, 7) is 1.19. The summed E-state index contributed by atoms with van der Waals surface area (Å²) in [7, 11) is 0. The molecule has 3 aromatic rings. The van der Waals surface area contributed by atoms with Crippen LogP contribution in [0.1, 0.15) is 5.56 Å². The van der Waals surface area contributed by atoms with Gasteiger partial charge in [-0.05, 0) is 5.56 Å². The Labute approximate surface area is 137 Å². The second-order valence-corrected chi connectivity index (χ2v) is 5.93. The van der Waals surface area contributed by atoms with E-state index >= 15 is 0 Å². The molecule has 3 rings (SSSR count). The third kappa shape index (κ3) is 3.78. The van der Waals surface area contributed by atoms with Crippen LogP contribution < -0.4 is 11.1 Å². The van der Waals surface area contributed by atoms with E-state index in [0.717, 1.165) is 16.2 Å². The molecule has 23 heavy (non-hydrogen) atoms. The average molecular weight is 328 g/mol. The molecule has 0 radical (unpaired) electrons. The fourth-order valence-corrected chi connectivity index (χ4v) is 2.98. The Kier molecular flexibility index (Phi) is 4.72. The highest BCUT2D eigenvalue weighted by molar-refractivity contribution is 7.99. The first-order valence-corrected chi connectivity index (χ1v) is 8.08. The van der Waals surface area contributed by atoms with Crippen molar-refractivity contribution in [3.8, 4) is 0 Å². The minimum Gasteiger partial charge on any atom is -0.352 e. The SMILES string of the molecule is NC(=O)NCCSc1ncnc2c1ncn2Cc1ccccc1. The van der Waals surface area contributed by atoms with Gasteiger partial charge < -0.3 is 15.6 Å². The minimum atomic E-state index is -0.523. The fourth-order valence-electron chi connectivity index (χ4n) is 2.18. The van der Waals surface area contributed by atoms with Crippen molar-refractivity contribution in [3.05, 3.63) is 48.5 Å². The first-order valence-electron chi connectivity index (χ1n) is 7.10. The van der Waals surface area contributed by atoms with E-state index in [-0.39, 0.29) is 0 Å². The van der Waals surface area contributed by atoms with Crippen molar-refractivity contribution in [2.24, 2.45) is 5.73 Å². The molecule has 118 valence electrons. The van der Waals surface area contributed by atoms with Crippen LogP contribution in [0.5, 0.6) is 0 Å². The number of fused-ring (bicyclic) bond motifs is 1. The van der Waals surface area contributed by atoms with Crippen LogP contribution in [0.4, 0.5) is 4.79 Å². The first kappa shape index (κ1) is 15.3. The largest absolute Gasteiger partial charge is 0.352 e. The van der Waals surface area contributed by atoms with Crippen molar-refractivity contribution in [2.75, 3.05) is 12.3 Å². The van der Waals surface area contributed by atoms with E-state index in [1.165, 1.54) is 23.7 Å². The summed E-state index contributed by atoms with van der Waals surface area (Å²) in [6.07, 6.45) is 3.31. The molecule has 0 saturated carbocycles. The van der Waals surface area contributed by atoms with Gasteiger partial charge in [-0.1, -0.05) is 30.3 Å². The van der Waals surface area contributed by atoms with E-state index in [9.17, 15) is 4.79 Å². The molecule has 3 N–H and O–H groups in total. The zero-order valence-electron chi connectivity index (χ0n) is 12.3. The van der Waals surface area contributed by atoms with Crippen LogP contribution in [0.25, 0.3) is 11.2 Å². The van der Waals surface area contributed by atoms with Crippen LogP contribution in [0.3, 0.4) is 0 Å². The summed E-state index contributed by atoms with van der Waals surface area (Å²) < 4.78 is 2.00. The maximum Gasteiger partial charge on any atom is 0.312 e. The van der Waals surface area contributed by atoms with Crippen molar-refractivity contribution in [2.45, 2.75) is 11.6 Å². The Balaban J connectivity index is 1.76. The number of carbonyl (C=O) groups excluding carboxylic acids is 1. The zero-order valence-corrected chi connectivity index (χ0v) is 13.2. The van der Waals surface area contributed by atoms with Gasteiger partial charge in [-0.3, -0.25) is 0 Å². The van der Waals surface area contributed by atoms with E-state index in [4.69, 9.17) is 5.73 Å². The highest BCUT2D eigenvalue weighted by Crippen LogP contribution is 2.23. The molecule has 8 heteroatoms. The van der Waals surface area contributed by atoms with Gasteiger partial charge in [-0.25, -0.2) is 19.7 Å². The molecular weight excluding hydrogens is 312 g/mol. The number of thioether (sulfide) groups is 1. The summed E-state index contributed by atoms with van der Waals surface area (Å²) in [5.41, 5.74) is 7.79. The first-order chi connectivity index (χ1) is 11.2. The molecule has 1 aromatic carbocycles. The number of amides is 2. The molecule has 2 amide bonds. The van der Waals surface area contributed by atoms with Gasteiger partial charge in [0, 0.05) is 12.3 Å². The third-order valence-electron chi connectivity index (χ3n) is 3.20. The Morgan fingerprint density at radius 2 is 2.04 bits per heavy atom. The lowest BCUT2D eigenvalue weighted by molar-refractivity contribution is 0.249. The smallest absolute Gasteiger partial charge is 0.312 e. The summed E-state index contributed by atoms with van der Waals surface area (Å²) in [5.74, 6) is 0.667. The number of hydrogen-bond acceptors (Lipinski definition) is 5. The quantitative estimate of drug-likeness (QED) is 0.407. The third-order valence-corrected chi connectivity index (χ3v) is 4.18. The van der Waals surface area contributed by atoms with Gasteiger partial charge in [0.15, 0.2) is 5.65 Å². The molecule has 0 aliphatic carbocycles. The number of primary amides is 1. The summed E-state index contributed by atoms with van der Waals surface area (Å²) in [6, 6.07) is 9.63. The number of nitrogens with zero attached hydrogens (tertiary/aromatic N) is 4. The second-order valence-electron chi connectivity index (χ2n) is 4.85. The van der Waals surface area contributed by atoms with E-state index in [0.29, 0.717) is 18.8 Å². The van der Waals surface area contributed by atoms with Crippen LogP contribution in [-0.4, -0.2) is 37.8 Å². The van der Waals surface area contributed by atoms with Gasteiger partial charge in [0.1, 0.15) is 16.9 Å². The number of rotatable bonds is 6. The van der Waals surface area contributed by atoms with E-state index < -0.39 is 6.03 Å². The summed E-state index contributed by atoms with van der Waals surface area (Å²) in [4.78, 5) is 23.7. The molecule has 0 aliphatic rings. The van der Waals surface area contributed by atoms with Crippen LogP contribution in [-0.2, 0) is 6.54 Å². The van der Waals surface area contributed by atoms with Crippen LogP contribution >= 0.6 is 11.8 Å². The number of nitrogens with one attached hydrogen (secondary N) is 1. The predicted octanol–water partition coefficient (Wildman–Crippen LogP) is 1.63. The van der Waals surface area contributed by atoms with Crippen molar-refractivity contribution >= 4 is 29.0 Å². The second kappa shape index (κ2) is 7.10. The molecule has 0 fully saturated rings. The lowest BCUT2D eigenvalue weighted by atomic mass is 10.2. The van der Waals surface area contributed by atoms with Crippen LogP contribution in [0, 0.1) is 0 Å². The Morgan fingerprint density at radius 1 is 1.22 bits per heavy atom. The number of nitrogens with two attached hydrogens (primary N) is 1. The number of aromatic nitrogens is 4. The van der Waals surface area contributed by atoms with Gasteiger partial charge in [0.05, 0.1) is 12.9 Å². The predicted molar refractivity (Wildman–Crippen MR) is 89.2 cm³/mol. The molecule has 0 atom stereocenters. The molecule has 0 unspecified atom stereocenters. The maximum absolute atomic E-state index is 10.7. The van der Waals surface area contributed by atoms with E-state index in [1.54, 1.807) is 6.33 Å². The standard InChI is InChI=1S/C15H16N6OS/c16-15(22)17-6-7-23-14-12-13(18-9-19-14)21(10-20-12)8-11-4-2-1-3-5-11/h1-5,9-10H,6-8H2,(H3,16,17,22). The van der Waals surface area contributed by atoms with Crippen LogP contribution in [0.2, 0.25) is 0 Å². The molecule has 0 aliphatic heterocycles. The minimum absolute atomic E-state index is 0.482. The lowest BCUT2D eigenvalue weighted by Gasteiger charge is -2.05. The monoisotopic (exact) mass is 328 g/mol. The van der Waals surface area contributed by atoms with Crippen molar-refractivity contribution < 1.29 is 4.79 Å². The van der Waals surface area contributed by atoms with Crippen LogP contribution in [0.15, 0.2) is 48.0 Å². The lowest BCUT2D eigenvalue weighted by Crippen LogP contribution is -2.31. The van der Waals surface area contributed by atoms with Gasteiger partial charge in [0.25, 0.3) is 0 Å². The van der Waals surface area contributed by atoms with Crippen molar-refractivity contribution in [1.82, 2.24) is 24.8 Å². The Hall–Kier alpha value is -2.61. The molecule has 0 spiro atoms. The number of imidazole rings is 1. The van der Waals surface area contributed by atoms with Gasteiger partial charge >= 0.3 is 6.03 Å². The highest BCUT2D eigenvalue weighted by atomic mass is 32.2. The number of carbonyl (C=O) groups is 1. The molecule has 0 bridgehead atoms. The number of hydrogen-bond donors (Lipinski definition) is 2. The fraction of sp³-hybridized carbons (Fsp3) is 0.200. The summed E-state index contributed by atoms with van der Waals surface area (Å²) >= 11 is 1.51. The normalized spacial score (nSPS) is 10.8. The number of urea groups is 1. The molecule has 7 nitrogen and oxygen atoms in total. The topological polar surface area (TPSA) is 98.7 Å². The van der Waals surface area contributed by atoms with Crippen molar-refractivity contribution in [3.63, 3.8) is 0 Å². The maximum atomic E-state index is 10.7. The van der Waals surface area contributed by atoms with E-state index in [2.05, 4.69) is 32.4 Å². The molecular formula is C15H16N6OS. The van der Waals surface area contributed by atoms with Gasteiger partial charge in [-0.2, -0.15) is 0 Å².